The van der Waals surface area contributed by atoms with Gasteiger partial charge in [0.25, 0.3) is 0 Å². The van der Waals surface area contributed by atoms with Crippen LogP contribution in [0.25, 0.3) is 0 Å². The molecule has 1 rings (SSSR count). The fraction of sp³-hybridized carbons (Fsp3) is 0.500. The molecule has 0 bridgehead atoms. The number of rotatable bonds is 6. The summed E-state index contributed by atoms with van der Waals surface area (Å²) in [5.41, 5.74) is 2.13. The van der Waals surface area contributed by atoms with Crippen LogP contribution in [0.15, 0.2) is 18.3 Å². The molecule has 2 N–H and O–H groups in total. The number of aryl methyl sites for hydroxylation is 1. The summed E-state index contributed by atoms with van der Waals surface area (Å²) in [4.78, 5) is 15.5. The third-order valence-corrected chi connectivity index (χ3v) is 2.27. The van der Waals surface area contributed by atoms with Gasteiger partial charge >= 0.3 is 0 Å². The van der Waals surface area contributed by atoms with Gasteiger partial charge in [-0.05, 0) is 25.0 Å². The van der Waals surface area contributed by atoms with Crippen LogP contribution in [0.2, 0.25) is 0 Å². The van der Waals surface area contributed by atoms with E-state index < -0.39 is 0 Å². The van der Waals surface area contributed by atoms with E-state index in [0.717, 1.165) is 24.2 Å². The van der Waals surface area contributed by atoms with Crippen molar-refractivity contribution in [2.75, 3.05) is 13.1 Å². The van der Waals surface area contributed by atoms with Gasteiger partial charge in [-0.1, -0.05) is 13.0 Å². The number of carbonyl (C=O) groups excluding carboxylic acids is 1. The highest BCUT2D eigenvalue weighted by atomic mass is 16.1. The van der Waals surface area contributed by atoms with Crippen LogP contribution in [0.4, 0.5) is 0 Å². The monoisotopic (exact) mass is 221 g/mol. The minimum absolute atomic E-state index is 0.0374. The molecule has 0 radical (unpaired) electrons. The Bertz CT molecular complexity index is 339. The average Bonchev–Trinajstić information content (AvgIpc) is 2.29. The molecule has 0 aliphatic heterocycles. The van der Waals surface area contributed by atoms with Gasteiger partial charge in [-0.15, -0.1) is 0 Å². The fourth-order valence-electron chi connectivity index (χ4n) is 1.32. The molecule has 88 valence electrons. The molecule has 16 heavy (non-hydrogen) atoms. The molecule has 0 saturated carbocycles. The van der Waals surface area contributed by atoms with Crippen LogP contribution < -0.4 is 10.6 Å². The van der Waals surface area contributed by atoms with Crippen molar-refractivity contribution < 1.29 is 4.79 Å². The number of hydrogen-bond acceptors (Lipinski definition) is 3. The van der Waals surface area contributed by atoms with Gasteiger partial charge < -0.3 is 10.6 Å². The van der Waals surface area contributed by atoms with Crippen LogP contribution in [0.3, 0.4) is 0 Å². The molecule has 0 aliphatic rings. The first kappa shape index (κ1) is 12.6. The predicted molar refractivity (Wildman–Crippen MR) is 64.0 cm³/mol. The van der Waals surface area contributed by atoms with Crippen LogP contribution in [-0.2, 0) is 11.3 Å². The zero-order chi connectivity index (χ0) is 11.8. The topological polar surface area (TPSA) is 54.0 Å². The molecule has 0 spiro atoms. The van der Waals surface area contributed by atoms with Crippen LogP contribution in [0.1, 0.15) is 24.6 Å². The van der Waals surface area contributed by atoms with E-state index in [2.05, 4.69) is 15.6 Å². The average molecular weight is 221 g/mol. The summed E-state index contributed by atoms with van der Waals surface area (Å²) in [5.74, 6) is 0.0374. The van der Waals surface area contributed by atoms with Gasteiger partial charge in [0.15, 0.2) is 0 Å². The molecular weight excluding hydrogens is 202 g/mol. The molecule has 1 amide bonds. The highest BCUT2D eigenvalue weighted by Gasteiger charge is 2.01. The lowest BCUT2D eigenvalue weighted by atomic mass is 10.2. The third kappa shape index (κ3) is 4.40. The molecule has 0 aromatic carbocycles. The summed E-state index contributed by atoms with van der Waals surface area (Å²) in [5, 5.41) is 5.89. The number of aromatic nitrogens is 1. The Morgan fingerprint density at radius 3 is 3.00 bits per heavy atom. The predicted octanol–water partition coefficient (Wildman–Crippen LogP) is 1.01. The number of pyridine rings is 1. The molecule has 0 fully saturated rings. The van der Waals surface area contributed by atoms with Gasteiger partial charge in [-0.3, -0.25) is 9.78 Å². The largest absolute Gasteiger partial charge is 0.355 e. The second-order valence-corrected chi connectivity index (χ2v) is 3.72. The second-order valence-electron chi connectivity index (χ2n) is 3.72. The number of nitrogens with one attached hydrogen (secondary N) is 2. The summed E-state index contributed by atoms with van der Waals surface area (Å²) in [6.07, 6.45) is 2.73. The maximum absolute atomic E-state index is 11.3. The van der Waals surface area contributed by atoms with Crippen molar-refractivity contribution in [2.45, 2.75) is 26.8 Å². The maximum atomic E-state index is 11.3. The van der Waals surface area contributed by atoms with E-state index in [9.17, 15) is 4.79 Å². The van der Waals surface area contributed by atoms with Gasteiger partial charge in [-0.2, -0.15) is 0 Å². The normalized spacial score (nSPS) is 10.1. The summed E-state index contributed by atoms with van der Waals surface area (Å²) in [7, 11) is 0. The molecular formula is C12H19N3O. The fourth-order valence-corrected chi connectivity index (χ4v) is 1.32. The van der Waals surface area contributed by atoms with Gasteiger partial charge in [0, 0.05) is 19.3 Å². The van der Waals surface area contributed by atoms with Crippen molar-refractivity contribution in [3.8, 4) is 0 Å². The molecule has 0 unspecified atom stereocenters. The van der Waals surface area contributed by atoms with E-state index >= 15 is 0 Å². The van der Waals surface area contributed by atoms with Gasteiger partial charge in [0.1, 0.15) is 0 Å². The quantitative estimate of drug-likeness (QED) is 0.753. The van der Waals surface area contributed by atoms with Crippen molar-refractivity contribution in [1.29, 1.82) is 0 Å². The summed E-state index contributed by atoms with van der Waals surface area (Å²) in [6.45, 7) is 5.76. The molecule has 4 heteroatoms. The molecule has 0 atom stereocenters. The highest BCUT2D eigenvalue weighted by molar-refractivity contribution is 5.77. The lowest BCUT2D eigenvalue weighted by molar-refractivity contribution is -0.120. The van der Waals surface area contributed by atoms with Crippen LogP contribution in [0, 0.1) is 6.92 Å². The third-order valence-electron chi connectivity index (χ3n) is 2.27. The van der Waals surface area contributed by atoms with Gasteiger partial charge in [0.05, 0.1) is 12.2 Å². The zero-order valence-electron chi connectivity index (χ0n) is 9.92. The SMILES string of the molecule is CCCNC(=O)CNCc1ncccc1C. The second kappa shape index (κ2) is 6.95. The lowest BCUT2D eigenvalue weighted by Crippen LogP contribution is -2.34. The van der Waals surface area contributed by atoms with Gasteiger partial charge in [-0.25, -0.2) is 0 Å². The zero-order valence-corrected chi connectivity index (χ0v) is 9.92. The summed E-state index contributed by atoms with van der Waals surface area (Å²) >= 11 is 0. The Hall–Kier alpha value is -1.42. The van der Waals surface area contributed by atoms with Crippen molar-refractivity contribution in [1.82, 2.24) is 15.6 Å². The van der Waals surface area contributed by atoms with E-state index in [1.807, 2.05) is 26.0 Å². The first-order valence-electron chi connectivity index (χ1n) is 5.62. The van der Waals surface area contributed by atoms with E-state index in [0.29, 0.717) is 13.1 Å². The number of amides is 1. The number of hydrogen-bond donors (Lipinski definition) is 2. The Morgan fingerprint density at radius 2 is 2.31 bits per heavy atom. The first-order chi connectivity index (χ1) is 7.74. The molecule has 1 heterocycles. The van der Waals surface area contributed by atoms with E-state index in [1.54, 1.807) is 6.20 Å². The molecule has 1 aromatic heterocycles. The van der Waals surface area contributed by atoms with E-state index in [4.69, 9.17) is 0 Å². The molecule has 0 aliphatic carbocycles. The Balaban J connectivity index is 2.25. The standard InChI is InChI=1S/C12H19N3O/c1-3-6-15-12(16)9-13-8-11-10(2)5-4-7-14-11/h4-5,7,13H,3,6,8-9H2,1-2H3,(H,15,16). The molecule has 1 aromatic rings. The van der Waals surface area contributed by atoms with Crippen LogP contribution >= 0.6 is 0 Å². The van der Waals surface area contributed by atoms with Crippen molar-refractivity contribution in [2.24, 2.45) is 0 Å². The highest BCUT2D eigenvalue weighted by Crippen LogP contribution is 2.01. The molecule has 4 nitrogen and oxygen atoms in total. The molecule has 0 saturated heterocycles. The van der Waals surface area contributed by atoms with Crippen LogP contribution in [-0.4, -0.2) is 24.0 Å². The Morgan fingerprint density at radius 1 is 1.50 bits per heavy atom. The lowest BCUT2D eigenvalue weighted by Gasteiger charge is -2.06. The van der Waals surface area contributed by atoms with Gasteiger partial charge in [0.2, 0.25) is 5.91 Å². The smallest absolute Gasteiger partial charge is 0.233 e. The van der Waals surface area contributed by atoms with E-state index in [1.165, 1.54) is 0 Å². The maximum Gasteiger partial charge on any atom is 0.233 e. The minimum atomic E-state index is 0.0374. The van der Waals surface area contributed by atoms with Crippen molar-refractivity contribution >= 4 is 5.91 Å². The van der Waals surface area contributed by atoms with Crippen molar-refractivity contribution in [3.63, 3.8) is 0 Å². The van der Waals surface area contributed by atoms with E-state index in [-0.39, 0.29) is 5.91 Å². The number of carbonyl (C=O) groups is 1. The number of nitrogens with zero attached hydrogens (tertiary/aromatic N) is 1. The van der Waals surface area contributed by atoms with Crippen molar-refractivity contribution in [3.05, 3.63) is 29.6 Å². The summed E-state index contributed by atoms with van der Waals surface area (Å²) in [6, 6.07) is 3.92. The Kier molecular flexibility index (Phi) is 5.50. The first-order valence-corrected chi connectivity index (χ1v) is 5.62. The minimum Gasteiger partial charge on any atom is -0.355 e. The van der Waals surface area contributed by atoms with Crippen LogP contribution in [0.5, 0.6) is 0 Å². The summed E-state index contributed by atoms with van der Waals surface area (Å²) < 4.78 is 0. The Labute approximate surface area is 96.5 Å².